The van der Waals surface area contributed by atoms with E-state index in [1.807, 2.05) is 13.8 Å². The van der Waals surface area contributed by atoms with Crippen LogP contribution in [-0.2, 0) is 10.0 Å². The first-order valence-corrected chi connectivity index (χ1v) is 10.9. The molecule has 2 aromatic carbocycles. The van der Waals surface area contributed by atoms with Gasteiger partial charge in [-0.2, -0.15) is 4.31 Å². The van der Waals surface area contributed by atoms with Gasteiger partial charge in [0.25, 0.3) is 5.91 Å². The van der Waals surface area contributed by atoms with E-state index in [-0.39, 0.29) is 15.5 Å². The monoisotopic (exact) mass is 428 g/mol. The number of anilines is 1. The molecule has 0 saturated carbocycles. The van der Waals surface area contributed by atoms with Crippen LogP contribution in [0.1, 0.15) is 37.0 Å². The van der Waals surface area contributed by atoms with Gasteiger partial charge in [-0.3, -0.25) is 4.79 Å². The van der Waals surface area contributed by atoms with Crippen LogP contribution in [0.2, 0.25) is 10.0 Å². The molecule has 2 rings (SSSR count). The van der Waals surface area contributed by atoms with E-state index in [4.69, 9.17) is 23.2 Å². The molecular weight excluding hydrogens is 407 g/mol. The highest BCUT2D eigenvalue weighted by atomic mass is 35.5. The molecule has 0 atom stereocenters. The summed E-state index contributed by atoms with van der Waals surface area (Å²) in [7, 11) is -3.55. The summed E-state index contributed by atoms with van der Waals surface area (Å²) in [4.78, 5) is 12.6. The van der Waals surface area contributed by atoms with E-state index >= 15 is 0 Å². The number of sulfonamides is 1. The van der Waals surface area contributed by atoms with Crippen molar-refractivity contribution in [3.8, 4) is 0 Å². The highest BCUT2D eigenvalue weighted by Gasteiger charge is 2.23. The SMILES string of the molecule is CCCN(CCC)S(=O)(=O)c1ccc(NC(=O)c2cc(Cl)ccc2Cl)cc1. The molecule has 0 spiro atoms. The van der Waals surface area contributed by atoms with Crippen LogP contribution >= 0.6 is 23.2 Å². The lowest BCUT2D eigenvalue weighted by Gasteiger charge is -2.21. The second-order valence-electron chi connectivity index (χ2n) is 6.01. The summed E-state index contributed by atoms with van der Waals surface area (Å²) in [6.45, 7) is 4.83. The molecular formula is C19H22Cl2N2O3S. The predicted molar refractivity (Wildman–Crippen MR) is 110 cm³/mol. The second kappa shape index (κ2) is 9.55. The van der Waals surface area contributed by atoms with Crippen molar-refractivity contribution in [2.24, 2.45) is 0 Å². The van der Waals surface area contributed by atoms with Crippen LogP contribution < -0.4 is 5.32 Å². The van der Waals surface area contributed by atoms with E-state index in [0.717, 1.165) is 12.8 Å². The molecule has 0 unspecified atom stereocenters. The maximum Gasteiger partial charge on any atom is 0.257 e. The third kappa shape index (κ3) is 5.45. The van der Waals surface area contributed by atoms with Gasteiger partial charge in [0, 0.05) is 23.8 Å². The predicted octanol–water partition coefficient (Wildman–Crippen LogP) is 5.06. The minimum absolute atomic E-state index is 0.197. The molecule has 0 aliphatic carbocycles. The summed E-state index contributed by atoms with van der Waals surface area (Å²) in [5.74, 6) is -0.420. The number of hydrogen-bond donors (Lipinski definition) is 1. The smallest absolute Gasteiger partial charge is 0.257 e. The first kappa shape index (κ1) is 21.7. The van der Waals surface area contributed by atoms with Crippen LogP contribution in [0.4, 0.5) is 5.69 Å². The molecule has 0 radical (unpaired) electrons. The van der Waals surface area contributed by atoms with Gasteiger partial charge >= 0.3 is 0 Å². The van der Waals surface area contributed by atoms with Gasteiger partial charge in [-0.05, 0) is 55.3 Å². The van der Waals surface area contributed by atoms with Crippen LogP contribution in [0, 0.1) is 0 Å². The third-order valence-corrected chi connectivity index (χ3v) is 6.35. The Kier molecular flexibility index (Phi) is 7.68. The van der Waals surface area contributed by atoms with Gasteiger partial charge in [0.05, 0.1) is 15.5 Å². The van der Waals surface area contributed by atoms with Gasteiger partial charge in [0.15, 0.2) is 0 Å². The number of halogens is 2. The van der Waals surface area contributed by atoms with Crippen molar-refractivity contribution < 1.29 is 13.2 Å². The Balaban J connectivity index is 2.19. The summed E-state index contributed by atoms with van der Waals surface area (Å²) < 4.78 is 27.0. The number of carbonyl (C=O) groups is 1. The number of hydrogen-bond acceptors (Lipinski definition) is 3. The normalized spacial score (nSPS) is 11.6. The topological polar surface area (TPSA) is 66.5 Å². The lowest BCUT2D eigenvalue weighted by molar-refractivity contribution is 0.102. The van der Waals surface area contributed by atoms with Crippen molar-refractivity contribution in [3.05, 3.63) is 58.1 Å². The Morgan fingerprint density at radius 3 is 2.15 bits per heavy atom. The van der Waals surface area contributed by atoms with Crippen molar-refractivity contribution in [1.29, 1.82) is 0 Å². The fourth-order valence-electron chi connectivity index (χ4n) is 2.58. The Labute approximate surface area is 170 Å². The number of nitrogens with one attached hydrogen (secondary N) is 1. The van der Waals surface area contributed by atoms with Crippen LogP contribution in [0.5, 0.6) is 0 Å². The molecule has 0 bridgehead atoms. The molecule has 0 heterocycles. The lowest BCUT2D eigenvalue weighted by atomic mass is 10.2. The lowest BCUT2D eigenvalue weighted by Crippen LogP contribution is -2.32. The molecule has 8 heteroatoms. The van der Waals surface area contributed by atoms with Gasteiger partial charge in [-0.1, -0.05) is 37.0 Å². The molecule has 0 fully saturated rings. The molecule has 0 aliphatic heterocycles. The molecule has 0 aromatic heterocycles. The van der Waals surface area contributed by atoms with Crippen molar-refractivity contribution in [2.45, 2.75) is 31.6 Å². The third-order valence-electron chi connectivity index (χ3n) is 3.87. The van der Waals surface area contributed by atoms with E-state index in [1.165, 1.54) is 22.5 Å². The number of rotatable bonds is 8. The van der Waals surface area contributed by atoms with Crippen LogP contribution in [-0.4, -0.2) is 31.7 Å². The average Bonchev–Trinajstić information content (AvgIpc) is 2.64. The fourth-order valence-corrected chi connectivity index (χ4v) is 4.58. The maximum atomic E-state index is 12.8. The van der Waals surface area contributed by atoms with E-state index < -0.39 is 15.9 Å². The summed E-state index contributed by atoms with van der Waals surface area (Å²) in [5.41, 5.74) is 0.713. The summed E-state index contributed by atoms with van der Waals surface area (Å²) in [6, 6.07) is 10.7. The van der Waals surface area contributed by atoms with Gasteiger partial charge < -0.3 is 5.32 Å². The Morgan fingerprint density at radius 2 is 1.59 bits per heavy atom. The molecule has 1 amide bonds. The van der Waals surface area contributed by atoms with Gasteiger partial charge in [0.1, 0.15) is 0 Å². The first-order valence-electron chi connectivity index (χ1n) is 8.66. The molecule has 27 heavy (non-hydrogen) atoms. The first-order chi connectivity index (χ1) is 12.8. The van der Waals surface area contributed by atoms with Crippen LogP contribution in [0.25, 0.3) is 0 Å². The van der Waals surface area contributed by atoms with Gasteiger partial charge in [-0.25, -0.2) is 8.42 Å². The van der Waals surface area contributed by atoms with Gasteiger partial charge in [-0.15, -0.1) is 0 Å². The highest BCUT2D eigenvalue weighted by molar-refractivity contribution is 7.89. The van der Waals surface area contributed by atoms with Crippen molar-refractivity contribution in [2.75, 3.05) is 18.4 Å². The quantitative estimate of drug-likeness (QED) is 0.638. The summed E-state index contributed by atoms with van der Waals surface area (Å²) >= 11 is 11.9. The number of nitrogens with zero attached hydrogens (tertiary/aromatic N) is 1. The minimum Gasteiger partial charge on any atom is -0.322 e. The number of benzene rings is 2. The molecule has 2 aromatic rings. The largest absolute Gasteiger partial charge is 0.322 e. The number of carbonyl (C=O) groups excluding carboxylic acids is 1. The van der Waals surface area contributed by atoms with E-state index in [9.17, 15) is 13.2 Å². The zero-order valence-corrected chi connectivity index (χ0v) is 17.5. The van der Waals surface area contributed by atoms with Gasteiger partial charge in [0.2, 0.25) is 10.0 Å². The molecule has 5 nitrogen and oxygen atoms in total. The maximum absolute atomic E-state index is 12.8. The Hall–Kier alpha value is -1.60. The average molecular weight is 429 g/mol. The van der Waals surface area contributed by atoms with Crippen molar-refractivity contribution >= 4 is 44.8 Å². The van der Waals surface area contributed by atoms with E-state index in [0.29, 0.717) is 23.8 Å². The fraction of sp³-hybridized carbons (Fsp3) is 0.316. The minimum atomic E-state index is -3.55. The van der Waals surface area contributed by atoms with E-state index in [1.54, 1.807) is 24.3 Å². The molecule has 0 saturated heterocycles. The zero-order chi connectivity index (χ0) is 20.0. The summed E-state index contributed by atoms with van der Waals surface area (Å²) in [6.07, 6.45) is 1.49. The Bertz CT molecular complexity index is 894. The second-order valence-corrected chi connectivity index (χ2v) is 8.79. The summed E-state index contributed by atoms with van der Waals surface area (Å²) in [5, 5.41) is 3.38. The standard InChI is InChI=1S/C19H22Cl2N2O3S/c1-3-11-23(12-4-2)27(25,26)16-8-6-15(7-9-16)22-19(24)17-13-14(20)5-10-18(17)21/h5-10,13H,3-4,11-12H2,1-2H3,(H,22,24). The highest BCUT2D eigenvalue weighted by Crippen LogP contribution is 2.23. The van der Waals surface area contributed by atoms with Crippen LogP contribution in [0.15, 0.2) is 47.4 Å². The molecule has 146 valence electrons. The number of amides is 1. The molecule has 1 N–H and O–H groups in total. The van der Waals surface area contributed by atoms with Crippen molar-refractivity contribution in [3.63, 3.8) is 0 Å². The molecule has 0 aliphatic rings. The van der Waals surface area contributed by atoms with Crippen LogP contribution in [0.3, 0.4) is 0 Å². The van der Waals surface area contributed by atoms with E-state index in [2.05, 4.69) is 5.32 Å². The zero-order valence-electron chi connectivity index (χ0n) is 15.2. The Morgan fingerprint density at radius 1 is 1.00 bits per heavy atom. The van der Waals surface area contributed by atoms with Crippen molar-refractivity contribution in [1.82, 2.24) is 4.31 Å².